The van der Waals surface area contributed by atoms with Crippen molar-refractivity contribution >= 4 is 0 Å². The first-order chi connectivity index (χ1) is 9.11. The fraction of sp³-hybridized carbons (Fsp3) is 0.312. The average molecular weight is 258 g/mol. The summed E-state index contributed by atoms with van der Waals surface area (Å²) in [5, 5.41) is 0. The minimum absolute atomic E-state index is 0.214. The molecule has 1 N–H and O–H groups in total. The fourth-order valence-corrected chi connectivity index (χ4v) is 2.07. The van der Waals surface area contributed by atoms with Crippen LogP contribution in [-0.4, -0.2) is 9.97 Å². The Hall–Kier alpha value is -1.90. The molecular weight excluding hydrogens is 239 g/mol. The van der Waals surface area contributed by atoms with Crippen molar-refractivity contribution in [2.75, 3.05) is 0 Å². The van der Waals surface area contributed by atoms with E-state index in [1.807, 2.05) is 19.1 Å². The quantitative estimate of drug-likeness (QED) is 0.780. The first-order valence-electron chi connectivity index (χ1n) is 6.54. The van der Waals surface area contributed by atoms with Crippen molar-refractivity contribution in [2.24, 2.45) is 0 Å². The Morgan fingerprint density at radius 3 is 2.95 bits per heavy atom. The number of nitrogens with zero attached hydrogens (tertiary/aromatic N) is 1. The number of aromatic nitrogens is 2. The molecule has 2 aromatic rings. The predicted molar refractivity (Wildman–Crippen MR) is 76.6 cm³/mol. The summed E-state index contributed by atoms with van der Waals surface area (Å²) in [5.41, 5.74) is 2.22. The standard InChI is InChI=1S/C16H19FN2/c1-4-5-6-12(3)16-18-10-15(19-16)13-8-7-11(2)9-14(13)17/h4,7-10,12H,1,5-6H2,2-3H3,(H,18,19)/t12-/m1/s1. The van der Waals surface area contributed by atoms with E-state index < -0.39 is 0 Å². The fourth-order valence-electron chi connectivity index (χ4n) is 2.07. The molecule has 19 heavy (non-hydrogen) atoms. The second-order valence-electron chi connectivity index (χ2n) is 4.93. The van der Waals surface area contributed by atoms with Crippen LogP contribution in [0.5, 0.6) is 0 Å². The zero-order valence-electron chi connectivity index (χ0n) is 11.4. The maximum atomic E-state index is 13.9. The van der Waals surface area contributed by atoms with Crippen molar-refractivity contribution in [3.8, 4) is 11.3 Å². The second-order valence-corrected chi connectivity index (χ2v) is 4.93. The molecule has 0 fully saturated rings. The zero-order valence-corrected chi connectivity index (χ0v) is 11.4. The number of imidazole rings is 1. The summed E-state index contributed by atoms with van der Waals surface area (Å²) >= 11 is 0. The smallest absolute Gasteiger partial charge is 0.132 e. The average Bonchev–Trinajstić information content (AvgIpc) is 2.85. The van der Waals surface area contributed by atoms with Gasteiger partial charge in [-0.15, -0.1) is 6.58 Å². The van der Waals surface area contributed by atoms with E-state index in [4.69, 9.17) is 0 Å². The number of nitrogens with one attached hydrogen (secondary N) is 1. The minimum Gasteiger partial charge on any atom is -0.342 e. The molecule has 0 unspecified atom stereocenters. The second kappa shape index (κ2) is 5.83. The Morgan fingerprint density at radius 2 is 2.26 bits per heavy atom. The molecule has 0 bridgehead atoms. The molecule has 1 aromatic heterocycles. The Kier molecular flexibility index (Phi) is 4.15. The van der Waals surface area contributed by atoms with Crippen molar-refractivity contribution < 1.29 is 4.39 Å². The molecule has 0 saturated heterocycles. The van der Waals surface area contributed by atoms with Crippen LogP contribution in [0.15, 0.2) is 37.1 Å². The lowest BCUT2D eigenvalue weighted by atomic mass is 10.1. The van der Waals surface area contributed by atoms with E-state index in [2.05, 4.69) is 23.5 Å². The maximum absolute atomic E-state index is 13.9. The van der Waals surface area contributed by atoms with Crippen LogP contribution in [0.3, 0.4) is 0 Å². The maximum Gasteiger partial charge on any atom is 0.132 e. The number of allylic oxidation sites excluding steroid dienone is 1. The monoisotopic (exact) mass is 258 g/mol. The molecule has 0 saturated carbocycles. The molecule has 0 aliphatic heterocycles. The molecule has 0 aliphatic rings. The van der Waals surface area contributed by atoms with Crippen LogP contribution in [0.2, 0.25) is 0 Å². The van der Waals surface area contributed by atoms with Gasteiger partial charge in [-0.25, -0.2) is 9.37 Å². The van der Waals surface area contributed by atoms with Crippen molar-refractivity contribution in [3.05, 3.63) is 54.3 Å². The van der Waals surface area contributed by atoms with Crippen LogP contribution in [-0.2, 0) is 0 Å². The molecule has 0 spiro atoms. The summed E-state index contributed by atoms with van der Waals surface area (Å²) in [5.74, 6) is 1.01. The number of rotatable bonds is 5. The van der Waals surface area contributed by atoms with Gasteiger partial charge < -0.3 is 4.98 Å². The highest BCUT2D eigenvalue weighted by Crippen LogP contribution is 2.25. The van der Waals surface area contributed by atoms with E-state index in [0.29, 0.717) is 11.5 Å². The van der Waals surface area contributed by atoms with Crippen LogP contribution < -0.4 is 0 Å². The number of halogens is 1. The third-order valence-electron chi connectivity index (χ3n) is 3.28. The predicted octanol–water partition coefficient (Wildman–Crippen LogP) is 4.59. The van der Waals surface area contributed by atoms with Crippen LogP contribution in [0.25, 0.3) is 11.3 Å². The molecular formula is C16H19FN2. The van der Waals surface area contributed by atoms with E-state index in [1.54, 1.807) is 12.3 Å². The van der Waals surface area contributed by atoms with Gasteiger partial charge in [-0.2, -0.15) is 0 Å². The van der Waals surface area contributed by atoms with Gasteiger partial charge in [0.2, 0.25) is 0 Å². The normalized spacial score (nSPS) is 12.4. The lowest BCUT2D eigenvalue weighted by Gasteiger charge is -2.06. The van der Waals surface area contributed by atoms with Gasteiger partial charge in [-0.05, 0) is 37.5 Å². The Balaban J connectivity index is 2.22. The Labute approximate surface area is 113 Å². The molecule has 0 aliphatic carbocycles. The first kappa shape index (κ1) is 13.5. The lowest BCUT2D eigenvalue weighted by Crippen LogP contribution is -1.95. The van der Waals surface area contributed by atoms with Gasteiger partial charge in [-0.3, -0.25) is 0 Å². The number of aromatic amines is 1. The molecule has 2 nitrogen and oxygen atoms in total. The van der Waals surface area contributed by atoms with Gasteiger partial charge in [0, 0.05) is 11.5 Å². The number of hydrogen-bond acceptors (Lipinski definition) is 1. The largest absolute Gasteiger partial charge is 0.342 e. The minimum atomic E-state index is -0.214. The lowest BCUT2D eigenvalue weighted by molar-refractivity contribution is 0.629. The van der Waals surface area contributed by atoms with E-state index in [0.717, 1.165) is 29.9 Å². The summed E-state index contributed by atoms with van der Waals surface area (Å²) in [6, 6.07) is 5.23. The number of aryl methyl sites for hydroxylation is 1. The van der Waals surface area contributed by atoms with E-state index in [1.165, 1.54) is 6.07 Å². The van der Waals surface area contributed by atoms with Gasteiger partial charge in [0.15, 0.2) is 0 Å². The first-order valence-corrected chi connectivity index (χ1v) is 6.54. The summed E-state index contributed by atoms with van der Waals surface area (Å²) in [6.45, 7) is 7.71. The van der Waals surface area contributed by atoms with Gasteiger partial charge >= 0.3 is 0 Å². The molecule has 1 heterocycles. The van der Waals surface area contributed by atoms with Crippen molar-refractivity contribution in [1.29, 1.82) is 0 Å². The number of benzene rings is 1. The summed E-state index contributed by atoms with van der Waals surface area (Å²) in [6.07, 6.45) is 5.55. The van der Waals surface area contributed by atoms with Crippen molar-refractivity contribution in [2.45, 2.75) is 32.6 Å². The third kappa shape index (κ3) is 3.11. The Morgan fingerprint density at radius 1 is 1.47 bits per heavy atom. The number of hydrogen-bond donors (Lipinski definition) is 1. The number of H-pyrrole nitrogens is 1. The molecule has 3 heteroatoms. The van der Waals surface area contributed by atoms with Gasteiger partial charge in [-0.1, -0.05) is 19.1 Å². The van der Waals surface area contributed by atoms with Gasteiger partial charge in [0.1, 0.15) is 11.6 Å². The Bertz CT molecular complexity index is 572. The van der Waals surface area contributed by atoms with Crippen molar-refractivity contribution in [3.63, 3.8) is 0 Å². The third-order valence-corrected chi connectivity index (χ3v) is 3.28. The molecule has 1 aromatic carbocycles. The molecule has 100 valence electrons. The van der Waals surface area contributed by atoms with Crippen LogP contribution in [0.4, 0.5) is 4.39 Å². The van der Waals surface area contributed by atoms with Crippen LogP contribution in [0.1, 0.15) is 37.1 Å². The highest BCUT2D eigenvalue weighted by molar-refractivity contribution is 5.59. The highest BCUT2D eigenvalue weighted by atomic mass is 19.1. The summed E-state index contributed by atoms with van der Waals surface area (Å²) < 4.78 is 13.9. The van der Waals surface area contributed by atoms with E-state index in [-0.39, 0.29) is 5.82 Å². The van der Waals surface area contributed by atoms with Crippen molar-refractivity contribution in [1.82, 2.24) is 9.97 Å². The SMILES string of the molecule is C=CCC[C@@H](C)c1ncc(-c2ccc(C)cc2F)[nH]1. The van der Waals surface area contributed by atoms with Gasteiger partial charge in [0.25, 0.3) is 0 Å². The summed E-state index contributed by atoms with van der Waals surface area (Å²) in [4.78, 5) is 7.57. The molecule has 0 amide bonds. The molecule has 1 atom stereocenters. The van der Waals surface area contributed by atoms with Crippen LogP contribution >= 0.6 is 0 Å². The zero-order chi connectivity index (χ0) is 13.8. The van der Waals surface area contributed by atoms with Gasteiger partial charge in [0.05, 0.1) is 11.9 Å². The van der Waals surface area contributed by atoms with E-state index >= 15 is 0 Å². The molecule has 0 radical (unpaired) electrons. The van der Waals surface area contributed by atoms with E-state index in [9.17, 15) is 4.39 Å². The molecule has 2 rings (SSSR count). The topological polar surface area (TPSA) is 28.7 Å². The summed E-state index contributed by atoms with van der Waals surface area (Å²) in [7, 11) is 0. The van der Waals surface area contributed by atoms with Crippen LogP contribution in [0, 0.1) is 12.7 Å². The highest BCUT2D eigenvalue weighted by Gasteiger charge is 2.12.